The lowest BCUT2D eigenvalue weighted by molar-refractivity contribution is -0.129. The van der Waals surface area contributed by atoms with Gasteiger partial charge in [0.1, 0.15) is 10.9 Å². The topological polar surface area (TPSA) is 199 Å². The first-order chi connectivity index (χ1) is 16.5. The molecule has 0 saturated carbocycles. The van der Waals surface area contributed by atoms with Crippen LogP contribution in [0.15, 0.2) is 29.3 Å². The third-order valence-corrected chi connectivity index (χ3v) is 5.84. The van der Waals surface area contributed by atoms with E-state index < -0.39 is 17.9 Å². The van der Waals surface area contributed by atoms with E-state index in [1.54, 1.807) is 26.2 Å². The molecule has 1 aromatic heterocycles. The number of guanidine groups is 1. The summed E-state index contributed by atoms with van der Waals surface area (Å²) in [5.41, 5.74) is 18.2. The van der Waals surface area contributed by atoms with Crippen LogP contribution in [0, 0.1) is 0 Å². The molecule has 8 N–H and O–H groups in total. The molecule has 13 heteroatoms. The number of nitrogens with two attached hydrogens (primary N) is 3. The fourth-order valence-corrected chi connectivity index (χ4v) is 4.01. The molecule has 4 amide bonds. The third-order valence-electron chi connectivity index (χ3n) is 4.83. The number of amides is 4. The first-order valence-electron chi connectivity index (χ1n) is 10.7. The van der Waals surface area contributed by atoms with Crippen molar-refractivity contribution in [2.75, 3.05) is 19.4 Å². The number of aromatic nitrogens is 1. The van der Waals surface area contributed by atoms with Crippen LogP contribution in [0.5, 0.6) is 0 Å². The maximum absolute atomic E-state index is 13.0. The molecule has 0 aliphatic heterocycles. The molecule has 1 aromatic carbocycles. The summed E-state index contributed by atoms with van der Waals surface area (Å²) in [7, 11) is 3.20. The van der Waals surface area contributed by atoms with Crippen LogP contribution in [0.4, 0.5) is 10.8 Å². The van der Waals surface area contributed by atoms with Crippen LogP contribution in [0.25, 0.3) is 0 Å². The van der Waals surface area contributed by atoms with Gasteiger partial charge in [0.15, 0.2) is 11.1 Å². The lowest BCUT2D eigenvalue weighted by Crippen LogP contribution is -2.45. The molecule has 35 heavy (non-hydrogen) atoms. The number of thiazole rings is 1. The molecule has 0 saturated heterocycles. The second kappa shape index (κ2) is 12.5. The Balaban J connectivity index is 2.18. The smallest absolute Gasteiger partial charge is 0.264 e. The number of aryl methyl sites for hydroxylation is 2. The molecule has 12 nitrogen and oxygen atoms in total. The fraction of sp³-hybridized carbons (Fsp3) is 0.364. The molecule has 2 rings (SSSR count). The van der Waals surface area contributed by atoms with Crippen molar-refractivity contribution in [1.82, 2.24) is 15.2 Å². The van der Waals surface area contributed by atoms with Crippen molar-refractivity contribution in [1.29, 1.82) is 0 Å². The molecule has 0 aliphatic carbocycles. The van der Waals surface area contributed by atoms with Gasteiger partial charge in [0, 0.05) is 27.4 Å². The van der Waals surface area contributed by atoms with Crippen molar-refractivity contribution in [2.45, 2.75) is 38.6 Å². The molecule has 0 spiro atoms. The van der Waals surface area contributed by atoms with Gasteiger partial charge < -0.3 is 32.7 Å². The number of hydrogen-bond donors (Lipinski definition) is 5. The van der Waals surface area contributed by atoms with Crippen molar-refractivity contribution < 1.29 is 19.2 Å². The van der Waals surface area contributed by atoms with E-state index in [4.69, 9.17) is 17.2 Å². The average Bonchev–Trinajstić information content (AvgIpc) is 3.17. The van der Waals surface area contributed by atoms with Gasteiger partial charge in [0.25, 0.3) is 5.91 Å². The van der Waals surface area contributed by atoms with Crippen molar-refractivity contribution in [3.05, 3.63) is 40.4 Å². The number of nitrogens with one attached hydrogen (secondary N) is 2. The number of benzene rings is 1. The van der Waals surface area contributed by atoms with Gasteiger partial charge in [-0.05, 0) is 37.0 Å². The van der Waals surface area contributed by atoms with Crippen LogP contribution in [-0.4, -0.2) is 59.6 Å². The summed E-state index contributed by atoms with van der Waals surface area (Å²) in [5, 5.41) is 5.44. The van der Waals surface area contributed by atoms with E-state index in [9.17, 15) is 19.2 Å². The Kier molecular flexibility index (Phi) is 9.70. The molecule has 0 radical (unpaired) electrons. The number of anilines is 1. The van der Waals surface area contributed by atoms with Crippen molar-refractivity contribution in [2.24, 2.45) is 22.2 Å². The average molecular weight is 503 g/mol. The van der Waals surface area contributed by atoms with Gasteiger partial charge in [-0.1, -0.05) is 23.5 Å². The first-order valence-corrected chi connectivity index (χ1v) is 11.5. The Labute approximate surface area is 207 Å². The summed E-state index contributed by atoms with van der Waals surface area (Å²) in [6.07, 6.45) is 1.04. The highest BCUT2D eigenvalue weighted by Crippen LogP contribution is 2.25. The highest BCUT2D eigenvalue weighted by Gasteiger charge is 2.24. The second-order valence-corrected chi connectivity index (χ2v) is 8.93. The fourth-order valence-electron chi connectivity index (χ4n) is 3.05. The summed E-state index contributed by atoms with van der Waals surface area (Å²) >= 11 is 0.995. The summed E-state index contributed by atoms with van der Waals surface area (Å²) in [6, 6.07) is 6.20. The maximum atomic E-state index is 13.0. The van der Waals surface area contributed by atoms with Gasteiger partial charge in [-0.3, -0.25) is 19.2 Å². The molecular formula is C22H30N8O4S. The van der Waals surface area contributed by atoms with Crippen molar-refractivity contribution >= 4 is 51.7 Å². The Hall–Kier alpha value is -4.00. The van der Waals surface area contributed by atoms with Crippen LogP contribution >= 0.6 is 11.3 Å². The maximum Gasteiger partial charge on any atom is 0.264 e. The Morgan fingerprint density at radius 2 is 1.74 bits per heavy atom. The lowest BCUT2D eigenvalue weighted by Gasteiger charge is -2.16. The normalized spacial score (nSPS) is 11.3. The Bertz CT molecular complexity index is 1110. The third kappa shape index (κ3) is 8.70. The minimum atomic E-state index is -1.03. The molecular weight excluding hydrogens is 472 g/mol. The zero-order valence-corrected chi connectivity index (χ0v) is 20.6. The molecule has 0 fully saturated rings. The number of carbonyl (C=O) groups excluding carboxylic acids is 4. The summed E-state index contributed by atoms with van der Waals surface area (Å²) < 4.78 is 0. The number of rotatable bonds is 11. The monoisotopic (exact) mass is 502 g/mol. The number of aliphatic imine (C=N–C) groups is 1. The first kappa shape index (κ1) is 27.2. The standard InChI is InChI=1S/C22H30N8O4S/c1-12(31)26-22-29-15(9-6-13-4-7-14(8-5-13)27-21(24)25)18(35-22)20(34)28-16(19(23)33)10-11-17(32)30(2)3/h4-5,7-8,16H,6,9-11H2,1-3H3,(H2,23,33)(H,28,34)(H4,24,25,27)(H,26,29,31)/t16-/m0/s1. The largest absolute Gasteiger partial charge is 0.370 e. The van der Waals surface area contributed by atoms with E-state index in [0.29, 0.717) is 24.2 Å². The highest BCUT2D eigenvalue weighted by molar-refractivity contribution is 7.17. The number of carbonyl (C=O) groups is 4. The van der Waals surface area contributed by atoms with E-state index >= 15 is 0 Å². The molecule has 188 valence electrons. The number of nitrogens with zero attached hydrogens (tertiary/aromatic N) is 3. The SMILES string of the molecule is CC(=O)Nc1nc(CCc2ccc(N=C(N)N)cc2)c(C(=O)N[C@@H](CCC(=O)N(C)C)C(N)=O)s1. The predicted molar refractivity (Wildman–Crippen MR) is 134 cm³/mol. The van der Waals surface area contributed by atoms with Crippen molar-refractivity contribution in [3.8, 4) is 0 Å². The molecule has 1 atom stereocenters. The summed E-state index contributed by atoms with van der Waals surface area (Å²) in [4.78, 5) is 58.3. The zero-order chi connectivity index (χ0) is 26.1. The van der Waals surface area contributed by atoms with E-state index in [2.05, 4.69) is 20.6 Å². The zero-order valence-electron chi connectivity index (χ0n) is 19.8. The molecule has 1 heterocycles. The minimum absolute atomic E-state index is 0.0401. The van der Waals surface area contributed by atoms with Crippen LogP contribution in [0.3, 0.4) is 0 Å². The van der Waals surface area contributed by atoms with E-state index in [0.717, 1.165) is 16.9 Å². The molecule has 2 aromatic rings. The van der Waals surface area contributed by atoms with Gasteiger partial charge in [-0.25, -0.2) is 9.98 Å². The van der Waals surface area contributed by atoms with E-state index in [1.807, 2.05) is 12.1 Å². The van der Waals surface area contributed by atoms with Gasteiger partial charge in [-0.15, -0.1) is 0 Å². The van der Waals surface area contributed by atoms with E-state index in [1.165, 1.54) is 11.8 Å². The van der Waals surface area contributed by atoms with Crippen LogP contribution in [0.1, 0.15) is 40.7 Å². The highest BCUT2D eigenvalue weighted by atomic mass is 32.1. The van der Waals surface area contributed by atoms with Gasteiger partial charge in [0.05, 0.1) is 11.4 Å². The van der Waals surface area contributed by atoms with Crippen LogP contribution in [-0.2, 0) is 27.2 Å². The second-order valence-electron chi connectivity index (χ2n) is 7.93. The molecule has 0 aliphatic rings. The van der Waals surface area contributed by atoms with Gasteiger partial charge >= 0.3 is 0 Å². The van der Waals surface area contributed by atoms with Gasteiger partial charge in [-0.2, -0.15) is 0 Å². The summed E-state index contributed by atoms with van der Waals surface area (Å²) in [6.45, 7) is 1.34. The summed E-state index contributed by atoms with van der Waals surface area (Å²) in [5.74, 6) is -1.87. The Morgan fingerprint density at radius 1 is 1.09 bits per heavy atom. The van der Waals surface area contributed by atoms with Crippen LogP contribution < -0.4 is 27.8 Å². The molecule has 0 unspecified atom stereocenters. The predicted octanol–water partition coefficient (Wildman–Crippen LogP) is 0.244. The Morgan fingerprint density at radius 3 is 2.29 bits per heavy atom. The van der Waals surface area contributed by atoms with E-state index in [-0.39, 0.29) is 40.6 Å². The van der Waals surface area contributed by atoms with Crippen molar-refractivity contribution in [3.63, 3.8) is 0 Å². The van der Waals surface area contributed by atoms with Crippen LogP contribution in [0.2, 0.25) is 0 Å². The van der Waals surface area contributed by atoms with Gasteiger partial charge in [0.2, 0.25) is 17.7 Å². The molecule has 0 bridgehead atoms. The minimum Gasteiger partial charge on any atom is -0.370 e. The quantitative estimate of drug-likeness (QED) is 0.214. The number of primary amides is 1. The number of hydrogen-bond acceptors (Lipinski definition) is 7. The lowest BCUT2D eigenvalue weighted by atomic mass is 10.1.